The number of nitrogens with zero attached hydrogens (tertiary/aromatic N) is 2. The highest BCUT2D eigenvalue weighted by Crippen LogP contribution is 2.38. The van der Waals surface area contributed by atoms with E-state index in [1.165, 1.54) is 42.9 Å². The maximum absolute atomic E-state index is 13.4. The first-order chi connectivity index (χ1) is 18.0. The van der Waals surface area contributed by atoms with Gasteiger partial charge in [0.2, 0.25) is 5.91 Å². The van der Waals surface area contributed by atoms with E-state index < -0.39 is 23.1 Å². The Morgan fingerprint density at radius 1 is 1.13 bits per heavy atom. The van der Waals surface area contributed by atoms with Crippen LogP contribution in [0, 0.1) is 5.41 Å². The Bertz CT molecular complexity index is 1360. The van der Waals surface area contributed by atoms with Crippen LogP contribution in [-0.2, 0) is 22.3 Å². The van der Waals surface area contributed by atoms with Crippen LogP contribution in [0.2, 0.25) is 10.0 Å². The van der Waals surface area contributed by atoms with Crippen molar-refractivity contribution in [1.29, 1.82) is 0 Å². The number of ether oxygens (including phenoxy) is 1. The van der Waals surface area contributed by atoms with E-state index in [0.717, 1.165) is 6.07 Å². The molecule has 1 aromatic carbocycles. The first-order valence-electron chi connectivity index (χ1n) is 11.3. The molecule has 0 saturated carbocycles. The minimum atomic E-state index is -4.63. The van der Waals surface area contributed by atoms with Gasteiger partial charge in [0.15, 0.2) is 5.78 Å². The first-order valence-corrected chi connectivity index (χ1v) is 12.0. The zero-order valence-electron chi connectivity index (χ0n) is 19.6. The second-order valence-corrected chi connectivity index (χ2v) is 9.61. The minimum Gasteiger partial charge on any atom is -0.506 e. The number of hydrogen-bond donors (Lipinski definition) is 3. The Kier molecular flexibility index (Phi) is 8.10. The number of hydrogen-bond acceptors (Lipinski definition) is 7. The largest absolute Gasteiger partial charge is 0.506 e. The van der Waals surface area contributed by atoms with Gasteiger partial charge in [0, 0.05) is 29.8 Å². The molecule has 3 N–H and O–H groups in total. The summed E-state index contributed by atoms with van der Waals surface area (Å²) in [5.74, 6) is -0.977. The Morgan fingerprint density at radius 2 is 1.92 bits per heavy atom. The van der Waals surface area contributed by atoms with Crippen LogP contribution < -0.4 is 10.6 Å². The van der Waals surface area contributed by atoms with Gasteiger partial charge in [-0.3, -0.25) is 19.6 Å². The number of amides is 1. The van der Waals surface area contributed by atoms with Gasteiger partial charge >= 0.3 is 6.18 Å². The molecular weight excluding hydrogens is 548 g/mol. The van der Waals surface area contributed by atoms with Crippen LogP contribution in [0.5, 0.6) is 5.75 Å². The molecule has 0 spiro atoms. The molecule has 1 amide bonds. The van der Waals surface area contributed by atoms with Gasteiger partial charge in [-0.2, -0.15) is 13.2 Å². The molecule has 1 fully saturated rings. The van der Waals surface area contributed by atoms with Gasteiger partial charge in [-0.15, -0.1) is 0 Å². The van der Waals surface area contributed by atoms with Gasteiger partial charge in [-0.25, -0.2) is 0 Å². The number of carbonyl (C=O) groups excluding carboxylic acids is 2. The average Bonchev–Trinajstić information content (AvgIpc) is 3.33. The third-order valence-corrected chi connectivity index (χ3v) is 6.59. The smallest absolute Gasteiger partial charge is 0.418 e. The van der Waals surface area contributed by atoms with Gasteiger partial charge in [-0.05, 0) is 36.8 Å². The average molecular weight is 569 g/mol. The molecule has 0 aliphatic carbocycles. The number of halogens is 5. The number of carbonyl (C=O) groups is 2. The Balaban J connectivity index is 1.44. The van der Waals surface area contributed by atoms with Crippen LogP contribution in [0.15, 0.2) is 48.9 Å². The van der Waals surface area contributed by atoms with Gasteiger partial charge in [-0.1, -0.05) is 23.2 Å². The van der Waals surface area contributed by atoms with Crippen molar-refractivity contribution in [2.45, 2.75) is 25.6 Å². The third-order valence-electron chi connectivity index (χ3n) is 6.03. The fourth-order valence-corrected chi connectivity index (χ4v) is 4.43. The maximum atomic E-state index is 13.4. The number of anilines is 2. The highest BCUT2D eigenvalue weighted by molar-refractivity contribution is 6.31. The third kappa shape index (κ3) is 6.35. The molecule has 2 aromatic heterocycles. The summed E-state index contributed by atoms with van der Waals surface area (Å²) < 4.78 is 45.5. The minimum absolute atomic E-state index is 0.0312. The summed E-state index contributed by atoms with van der Waals surface area (Å²) in [6.45, 7) is 0.239. The molecule has 1 aliphatic rings. The predicted octanol–water partition coefficient (Wildman–Crippen LogP) is 5.55. The first kappa shape index (κ1) is 27.6. The van der Waals surface area contributed by atoms with Gasteiger partial charge in [0.05, 0.1) is 58.6 Å². The van der Waals surface area contributed by atoms with Crippen molar-refractivity contribution in [2.24, 2.45) is 5.41 Å². The van der Waals surface area contributed by atoms with Gasteiger partial charge in [0.1, 0.15) is 5.75 Å². The summed E-state index contributed by atoms with van der Waals surface area (Å²) in [5, 5.41) is 15.0. The Labute approximate surface area is 225 Å². The normalized spacial score (nSPS) is 17.3. The zero-order chi connectivity index (χ0) is 27.5. The molecule has 1 atom stereocenters. The van der Waals surface area contributed by atoms with Crippen molar-refractivity contribution < 1.29 is 32.6 Å². The second-order valence-electron chi connectivity index (χ2n) is 8.76. The number of pyridine rings is 2. The van der Waals surface area contributed by atoms with Crippen LogP contribution in [0.25, 0.3) is 0 Å². The van der Waals surface area contributed by atoms with Gasteiger partial charge < -0.3 is 20.5 Å². The second kappa shape index (κ2) is 11.1. The van der Waals surface area contributed by atoms with E-state index in [0.29, 0.717) is 13.0 Å². The summed E-state index contributed by atoms with van der Waals surface area (Å²) >= 11 is 12.0. The number of aromatic nitrogens is 2. The molecule has 0 radical (unpaired) electrons. The van der Waals surface area contributed by atoms with Crippen LogP contribution in [0.3, 0.4) is 0 Å². The number of ketones is 1. The molecule has 3 aromatic rings. The van der Waals surface area contributed by atoms with E-state index in [1.54, 1.807) is 0 Å². The molecule has 0 unspecified atom stereocenters. The van der Waals surface area contributed by atoms with Crippen LogP contribution in [-0.4, -0.2) is 40.0 Å². The number of Topliss-reactive ketones (excluding diaryl/α,β-unsaturated/α-hetero) is 1. The van der Waals surface area contributed by atoms with E-state index in [-0.39, 0.29) is 63.8 Å². The fraction of sp³-hybridized carbons (Fsp3) is 0.280. The topological polar surface area (TPSA) is 113 Å². The van der Waals surface area contributed by atoms with E-state index in [2.05, 4.69) is 20.6 Å². The van der Waals surface area contributed by atoms with Gasteiger partial charge in [0.25, 0.3) is 0 Å². The predicted molar refractivity (Wildman–Crippen MR) is 134 cm³/mol. The lowest BCUT2D eigenvalue weighted by molar-refractivity contribution is -0.137. The maximum Gasteiger partial charge on any atom is 0.418 e. The summed E-state index contributed by atoms with van der Waals surface area (Å²) in [6, 6.07) is 6.00. The molecule has 8 nitrogen and oxygen atoms in total. The lowest BCUT2D eigenvalue weighted by Crippen LogP contribution is -2.43. The summed E-state index contributed by atoms with van der Waals surface area (Å²) in [5.41, 5.74) is -1.65. The highest BCUT2D eigenvalue weighted by atomic mass is 35.5. The molecule has 38 heavy (non-hydrogen) atoms. The quantitative estimate of drug-likeness (QED) is 0.305. The van der Waals surface area contributed by atoms with E-state index in [1.807, 2.05) is 0 Å². The van der Waals surface area contributed by atoms with Crippen molar-refractivity contribution in [3.05, 3.63) is 75.8 Å². The van der Waals surface area contributed by atoms with E-state index in [9.17, 15) is 27.9 Å². The zero-order valence-corrected chi connectivity index (χ0v) is 21.1. The SMILES string of the molecule is O=C(C[C@@]1(C(=O)NCc2ncc(Nc3ccc(Cl)cc3C(F)(F)F)cc2Cl)CCOC1)c1cncc(O)c1. The molecule has 3 heterocycles. The van der Waals surface area contributed by atoms with Crippen LogP contribution in [0.1, 0.15) is 34.5 Å². The fourth-order valence-electron chi connectivity index (χ4n) is 4.03. The molecule has 4 rings (SSSR count). The lowest BCUT2D eigenvalue weighted by atomic mass is 9.80. The monoisotopic (exact) mass is 568 g/mol. The van der Waals surface area contributed by atoms with Crippen molar-refractivity contribution in [2.75, 3.05) is 18.5 Å². The van der Waals surface area contributed by atoms with Crippen molar-refractivity contribution >= 4 is 46.3 Å². The Morgan fingerprint density at radius 3 is 2.58 bits per heavy atom. The number of benzene rings is 1. The summed E-state index contributed by atoms with van der Waals surface area (Å²) in [4.78, 5) is 33.9. The van der Waals surface area contributed by atoms with Crippen LogP contribution >= 0.6 is 23.2 Å². The molecule has 0 bridgehead atoms. The summed E-state index contributed by atoms with van der Waals surface area (Å²) in [6.07, 6.45) is -0.687. The molecular formula is C25H21Cl2F3N4O4. The van der Waals surface area contributed by atoms with Crippen molar-refractivity contribution in [3.8, 4) is 5.75 Å². The Hall–Kier alpha value is -3.41. The number of aromatic hydroxyl groups is 1. The van der Waals surface area contributed by atoms with Crippen molar-refractivity contribution in [1.82, 2.24) is 15.3 Å². The standard InChI is InChI=1S/C25H21Cl2F3N4O4/c26-15-1-2-20(18(6-15)25(28,29)30)34-16-7-19(27)21(32-10-16)12-33-23(37)24(3-4-38-13-24)8-22(36)14-5-17(35)11-31-9-14/h1-2,5-7,9-11,34-35H,3-4,8,12-13H2,(H,33,37)/t24-/m0/s1. The number of rotatable bonds is 8. The molecule has 200 valence electrons. The molecule has 13 heteroatoms. The number of nitrogens with one attached hydrogen (secondary N) is 2. The van der Waals surface area contributed by atoms with E-state index in [4.69, 9.17) is 27.9 Å². The lowest BCUT2D eigenvalue weighted by Gasteiger charge is -2.25. The van der Waals surface area contributed by atoms with E-state index >= 15 is 0 Å². The highest BCUT2D eigenvalue weighted by Gasteiger charge is 2.44. The molecule has 1 aliphatic heterocycles. The van der Waals surface area contributed by atoms with Crippen LogP contribution in [0.4, 0.5) is 24.5 Å². The number of alkyl halides is 3. The molecule has 1 saturated heterocycles. The van der Waals surface area contributed by atoms with Crippen molar-refractivity contribution in [3.63, 3.8) is 0 Å². The summed E-state index contributed by atoms with van der Waals surface area (Å²) in [7, 11) is 0.